The Balaban J connectivity index is 1.64. The van der Waals surface area contributed by atoms with Crippen molar-refractivity contribution in [2.45, 2.75) is 6.18 Å². The molecule has 6 nitrogen and oxygen atoms in total. The van der Waals surface area contributed by atoms with Gasteiger partial charge in [-0.25, -0.2) is 0 Å². The van der Waals surface area contributed by atoms with Gasteiger partial charge >= 0.3 is 6.18 Å². The summed E-state index contributed by atoms with van der Waals surface area (Å²) < 4.78 is 43.8. The van der Waals surface area contributed by atoms with E-state index < -0.39 is 23.6 Å². The first-order valence-corrected chi connectivity index (χ1v) is 8.92. The van der Waals surface area contributed by atoms with Crippen molar-refractivity contribution in [1.29, 1.82) is 0 Å². The maximum Gasteiger partial charge on any atom is 0.416 e. The molecule has 0 atom stereocenters. The van der Waals surface area contributed by atoms with Crippen LogP contribution in [0.2, 0.25) is 0 Å². The molecule has 0 spiro atoms. The van der Waals surface area contributed by atoms with Crippen LogP contribution in [0.25, 0.3) is 0 Å². The first-order valence-electron chi connectivity index (χ1n) is 8.13. The molecule has 0 fully saturated rings. The highest BCUT2D eigenvalue weighted by Crippen LogP contribution is 2.30. The van der Waals surface area contributed by atoms with Gasteiger partial charge in [0.25, 0.3) is 11.8 Å². The lowest BCUT2D eigenvalue weighted by Crippen LogP contribution is -2.29. The van der Waals surface area contributed by atoms with Crippen molar-refractivity contribution in [2.24, 2.45) is 0 Å². The van der Waals surface area contributed by atoms with Gasteiger partial charge < -0.3 is 9.73 Å². The zero-order valence-corrected chi connectivity index (χ0v) is 16.1. The van der Waals surface area contributed by atoms with E-state index in [0.717, 1.165) is 12.1 Å². The van der Waals surface area contributed by atoms with Crippen molar-refractivity contribution >= 4 is 39.1 Å². The number of anilines is 2. The second kappa shape index (κ2) is 8.39. The molecule has 150 valence electrons. The monoisotopic (exact) mass is 467 g/mol. The molecule has 2 aromatic carbocycles. The summed E-state index contributed by atoms with van der Waals surface area (Å²) in [7, 11) is 0. The molecule has 0 radical (unpaired) electrons. The van der Waals surface area contributed by atoms with Crippen LogP contribution in [0.1, 0.15) is 26.5 Å². The van der Waals surface area contributed by atoms with E-state index in [1.165, 1.54) is 30.3 Å². The zero-order chi connectivity index (χ0) is 21.0. The number of carbonyl (C=O) groups is 2. The molecule has 3 N–H and O–H groups in total. The molecule has 3 aromatic rings. The molecule has 1 aromatic heterocycles. The van der Waals surface area contributed by atoms with Crippen molar-refractivity contribution in [3.63, 3.8) is 0 Å². The van der Waals surface area contributed by atoms with Crippen molar-refractivity contribution in [3.05, 3.63) is 82.2 Å². The molecule has 0 aliphatic carbocycles. The first-order chi connectivity index (χ1) is 13.7. The number of benzene rings is 2. The summed E-state index contributed by atoms with van der Waals surface area (Å²) in [5.41, 5.74) is 4.51. The highest BCUT2D eigenvalue weighted by atomic mass is 79.9. The molecular formula is C19H13BrF3N3O3. The summed E-state index contributed by atoms with van der Waals surface area (Å²) in [6.07, 6.45) is -4.49. The zero-order valence-electron chi connectivity index (χ0n) is 14.5. The fourth-order valence-electron chi connectivity index (χ4n) is 2.34. The van der Waals surface area contributed by atoms with E-state index in [-0.39, 0.29) is 17.0 Å². The largest absolute Gasteiger partial charge is 0.444 e. The molecule has 0 saturated heterocycles. The van der Waals surface area contributed by atoms with Gasteiger partial charge in [0.1, 0.15) is 0 Å². The highest BCUT2D eigenvalue weighted by molar-refractivity contribution is 9.10. The Morgan fingerprint density at radius 3 is 2.31 bits per heavy atom. The van der Waals surface area contributed by atoms with E-state index in [4.69, 9.17) is 4.42 Å². The van der Waals surface area contributed by atoms with Crippen molar-refractivity contribution in [2.75, 3.05) is 10.7 Å². The lowest BCUT2D eigenvalue weighted by molar-refractivity contribution is -0.137. The predicted octanol–water partition coefficient (Wildman–Crippen LogP) is 5.07. The Hall–Kier alpha value is -3.27. The lowest BCUT2D eigenvalue weighted by atomic mass is 10.2. The number of alkyl halides is 3. The van der Waals surface area contributed by atoms with Gasteiger partial charge in [-0.05, 0) is 64.5 Å². The number of rotatable bonds is 5. The number of amides is 2. The van der Waals surface area contributed by atoms with Crippen molar-refractivity contribution in [3.8, 4) is 0 Å². The maximum absolute atomic E-state index is 12.7. The topological polar surface area (TPSA) is 83.4 Å². The number of halogens is 4. The molecule has 0 saturated carbocycles. The average Bonchev–Trinajstić information content (AvgIpc) is 3.12. The first kappa shape index (κ1) is 20.5. The SMILES string of the molecule is O=C(NNc1cccc(C(F)(F)F)c1)c1cccc(NC(=O)c2ccc(Br)o2)c1. The van der Waals surface area contributed by atoms with E-state index in [1.807, 2.05) is 0 Å². The summed E-state index contributed by atoms with van der Waals surface area (Å²) in [5.74, 6) is -1.02. The Morgan fingerprint density at radius 1 is 0.897 bits per heavy atom. The van der Waals surface area contributed by atoms with Gasteiger partial charge in [-0.2, -0.15) is 13.2 Å². The van der Waals surface area contributed by atoms with Crippen LogP contribution in [-0.4, -0.2) is 11.8 Å². The van der Waals surface area contributed by atoms with Gasteiger partial charge in [-0.3, -0.25) is 20.4 Å². The normalized spacial score (nSPS) is 11.0. The predicted molar refractivity (Wildman–Crippen MR) is 103 cm³/mol. The molecule has 3 rings (SSSR count). The van der Waals surface area contributed by atoms with Crippen molar-refractivity contribution in [1.82, 2.24) is 5.43 Å². The smallest absolute Gasteiger partial charge is 0.416 e. The second-order valence-electron chi connectivity index (χ2n) is 5.80. The third-order valence-corrected chi connectivity index (χ3v) is 4.12. The second-order valence-corrected chi connectivity index (χ2v) is 6.58. The molecule has 0 unspecified atom stereocenters. The Morgan fingerprint density at radius 2 is 1.62 bits per heavy atom. The van der Waals surface area contributed by atoms with Gasteiger partial charge in [-0.15, -0.1) is 0 Å². The third-order valence-electron chi connectivity index (χ3n) is 3.69. The quantitative estimate of drug-likeness (QED) is 0.457. The van der Waals surface area contributed by atoms with Crippen LogP contribution in [0.15, 0.2) is 69.8 Å². The van der Waals surface area contributed by atoms with Crippen molar-refractivity contribution < 1.29 is 27.2 Å². The molecule has 2 amide bonds. The molecular weight excluding hydrogens is 455 g/mol. The number of hydrazine groups is 1. The minimum atomic E-state index is -4.49. The lowest BCUT2D eigenvalue weighted by Gasteiger charge is -2.12. The molecule has 0 aliphatic rings. The number of hydrogen-bond donors (Lipinski definition) is 3. The van der Waals surface area contributed by atoms with Crippen LogP contribution in [-0.2, 0) is 6.18 Å². The minimum absolute atomic E-state index is 0.0704. The van der Waals surface area contributed by atoms with E-state index in [2.05, 4.69) is 32.1 Å². The van der Waals surface area contributed by atoms with Gasteiger partial charge in [0.2, 0.25) is 0 Å². The maximum atomic E-state index is 12.7. The summed E-state index contributed by atoms with van der Waals surface area (Å²) >= 11 is 3.10. The van der Waals surface area contributed by atoms with Gasteiger partial charge in [-0.1, -0.05) is 12.1 Å². The number of furan rings is 1. The summed E-state index contributed by atoms with van der Waals surface area (Å²) in [6, 6.07) is 13.5. The van der Waals surface area contributed by atoms with Crippen LogP contribution in [0, 0.1) is 0 Å². The van der Waals surface area contributed by atoms with Crippen LogP contribution >= 0.6 is 15.9 Å². The number of nitrogens with one attached hydrogen (secondary N) is 3. The average molecular weight is 468 g/mol. The van der Waals surface area contributed by atoms with Crippen LogP contribution < -0.4 is 16.2 Å². The van der Waals surface area contributed by atoms with Crippen LogP contribution in [0.3, 0.4) is 0 Å². The standard InChI is InChI=1S/C19H13BrF3N3O3/c20-16-8-7-15(29-16)18(28)24-13-5-1-3-11(9-13)17(27)26-25-14-6-2-4-12(10-14)19(21,22)23/h1-10,25H,(H,24,28)(H,26,27). The molecule has 1 heterocycles. The number of carbonyl (C=O) groups excluding carboxylic acids is 2. The van der Waals surface area contributed by atoms with E-state index in [0.29, 0.717) is 10.4 Å². The summed E-state index contributed by atoms with van der Waals surface area (Å²) in [4.78, 5) is 24.4. The fourth-order valence-corrected chi connectivity index (χ4v) is 2.65. The van der Waals surface area contributed by atoms with Crippen LogP contribution in [0.4, 0.5) is 24.5 Å². The minimum Gasteiger partial charge on any atom is -0.444 e. The third kappa shape index (κ3) is 5.38. The van der Waals surface area contributed by atoms with E-state index in [9.17, 15) is 22.8 Å². The molecule has 0 bridgehead atoms. The Bertz CT molecular complexity index is 1050. The Labute approximate surface area is 171 Å². The molecule has 29 heavy (non-hydrogen) atoms. The van der Waals surface area contributed by atoms with Gasteiger partial charge in [0.15, 0.2) is 10.4 Å². The highest BCUT2D eigenvalue weighted by Gasteiger charge is 2.30. The number of hydrogen-bond acceptors (Lipinski definition) is 4. The fraction of sp³-hybridized carbons (Fsp3) is 0.0526. The summed E-state index contributed by atoms with van der Waals surface area (Å²) in [5, 5.41) is 2.59. The van der Waals surface area contributed by atoms with E-state index in [1.54, 1.807) is 18.2 Å². The Kier molecular flexibility index (Phi) is 5.92. The van der Waals surface area contributed by atoms with Crippen LogP contribution in [0.5, 0.6) is 0 Å². The summed E-state index contributed by atoms with van der Waals surface area (Å²) in [6.45, 7) is 0. The molecule has 0 aliphatic heterocycles. The molecule has 10 heteroatoms. The van der Waals surface area contributed by atoms with E-state index >= 15 is 0 Å². The van der Waals surface area contributed by atoms with Gasteiger partial charge in [0.05, 0.1) is 11.3 Å². The van der Waals surface area contributed by atoms with Gasteiger partial charge in [0, 0.05) is 11.3 Å².